The van der Waals surface area contributed by atoms with Gasteiger partial charge in [0, 0.05) is 31.1 Å². The van der Waals surface area contributed by atoms with Gasteiger partial charge in [-0.3, -0.25) is 9.69 Å². The Morgan fingerprint density at radius 2 is 1.70 bits per heavy atom. The molecule has 2 aliphatic rings. The molecule has 5 nitrogen and oxygen atoms in total. The Bertz CT molecular complexity index is 1040. The van der Waals surface area contributed by atoms with Crippen LogP contribution in [0.15, 0.2) is 65.2 Å². The number of benzene rings is 2. The summed E-state index contributed by atoms with van der Waals surface area (Å²) in [7, 11) is 0. The minimum absolute atomic E-state index is 0.119. The second-order valence-corrected chi connectivity index (χ2v) is 9.56. The van der Waals surface area contributed by atoms with Crippen LogP contribution >= 0.6 is 0 Å². The molecule has 33 heavy (non-hydrogen) atoms. The second-order valence-electron chi connectivity index (χ2n) is 9.56. The molecule has 1 aliphatic carbocycles. The van der Waals surface area contributed by atoms with Gasteiger partial charge in [-0.25, -0.2) is 0 Å². The monoisotopic (exact) mass is 443 g/mol. The van der Waals surface area contributed by atoms with Crippen LogP contribution in [0.4, 0.5) is 0 Å². The van der Waals surface area contributed by atoms with Crippen LogP contribution in [-0.2, 0) is 6.54 Å². The van der Waals surface area contributed by atoms with Crippen molar-refractivity contribution in [3.8, 4) is 11.1 Å². The highest BCUT2D eigenvalue weighted by molar-refractivity contribution is 5.91. The largest absolute Gasteiger partial charge is 0.351 e. The molecule has 5 heteroatoms. The van der Waals surface area contributed by atoms with Crippen LogP contribution in [0.3, 0.4) is 0 Å². The Hall–Kier alpha value is -2.92. The molecule has 0 spiro atoms. The van der Waals surface area contributed by atoms with Crippen LogP contribution in [0.2, 0.25) is 0 Å². The van der Waals surface area contributed by atoms with Crippen molar-refractivity contribution < 1.29 is 9.32 Å². The van der Waals surface area contributed by atoms with Gasteiger partial charge < -0.3 is 9.84 Å². The van der Waals surface area contributed by atoms with E-state index in [0.29, 0.717) is 11.7 Å². The van der Waals surface area contributed by atoms with E-state index in [0.717, 1.165) is 51.0 Å². The number of aromatic nitrogens is 1. The molecule has 1 N–H and O–H groups in total. The minimum atomic E-state index is -0.119. The molecule has 1 unspecified atom stereocenters. The quantitative estimate of drug-likeness (QED) is 0.524. The number of hydrogen-bond donors (Lipinski definition) is 1. The fraction of sp³-hybridized carbons (Fsp3) is 0.429. The van der Waals surface area contributed by atoms with E-state index in [2.05, 4.69) is 63.9 Å². The van der Waals surface area contributed by atoms with E-state index in [1.807, 2.05) is 12.1 Å². The number of nitrogens with zero attached hydrogens (tertiary/aromatic N) is 2. The zero-order valence-corrected chi connectivity index (χ0v) is 19.2. The third-order valence-electron chi connectivity index (χ3n) is 7.08. The Morgan fingerprint density at radius 3 is 2.48 bits per heavy atom. The van der Waals surface area contributed by atoms with Crippen molar-refractivity contribution in [2.75, 3.05) is 13.1 Å². The third-order valence-corrected chi connectivity index (χ3v) is 7.08. The van der Waals surface area contributed by atoms with Gasteiger partial charge in [0.05, 0.1) is 5.69 Å². The average molecular weight is 444 g/mol. The van der Waals surface area contributed by atoms with Gasteiger partial charge in [0.2, 0.25) is 5.76 Å². The van der Waals surface area contributed by atoms with Crippen molar-refractivity contribution in [3.05, 3.63) is 77.7 Å². The molecule has 0 bridgehead atoms. The second kappa shape index (κ2) is 10.3. The molecule has 3 aromatic rings. The van der Waals surface area contributed by atoms with Gasteiger partial charge in [-0.2, -0.15) is 0 Å². The highest BCUT2D eigenvalue weighted by Crippen LogP contribution is 2.28. The van der Waals surface area contributed by atoms with Gasteiger partial charge in [0.25, 0.3) is 5.91 Å². The van der Waals surface area contributed by atoms with Gasteiger partial charge in [0.1, 0.15) is 0 Å². The Labute approximate surface area is 196 Å². The van der Waals surface area contributed by atoms with Crippen LogP contribution in [-0.4, -0.2) is 35.1 Å². The van der Waals surface area contributed by atoms with Gasteiger partial charge in [-0.1, -0.05) is 79.0 Å². The van der Waals surface area contributed by atoms with Gasteiger partial charge >= 0.3 is 0 Å². The summed E-state index contributed by atoms with van der Waals surface area (Å²) < 4.78 is 5.45. The lowest BCUT2D eigenvalue weighted by atomic mass is 9.94. The highest BCUT2D eigenvalue weighted by atomic mass is 16.5. The number of carbonyl (C=O) groups is 1. The van der Waals surface area contributed by atoms with Crippen molar-refractivity contribution >= 4 is 5.91 Å². The van der Waals surface area contributed by atoms with E-state index in [9.17, 15) is 4.79 Å². The van der Waals surface area contributed by atoms with Crippen molar-refractivity contribution in [2.45, 2.75) is 63.5 Å². The van der Waals surface area contributed by atoms with Crippen LogP contribution in [0.1, 0.15) is 72.7 Å². The molecular formula is C28H33N3O2. The predicted molar refractivity (Wildman–Crippen MR) is 130 cm³/mol. The molecule has 5 rings (SSSR count). The molecule has 1 aromatic heterocycles. The number of rotatable bonds is 6. The first kappa shape index (κ1) is 21.9. The molecule has 2 fully saturated rings. The van der Waals surface area contributed by atoms with Crippen LogP contribution < -0.4 is 5.32 Å². The Kier molecular flexibility index (Phi) is 6.87. The summed E-state index contributed by atoms with van der Waals surface area (Å²) in [5.41, 5.74) is 4.73. The van der Waals surface area contributed by atoms with Crippen molar-refractivity contribution in [2.24, 2.45) is 0 Å². The number of piperidine rings is 1. The first-order valence-corrected chi connectivity index (χ1v) is 12.4. The molecular weight excluding hydrogens is 410 g/mol. The van der Waals surface area contributed by atoms with E-state index < -0.39 is 0 Å². The maximum absolute atomic E-state index is 12.6. The Balaban J connectivity index is 1.17. The Morgan fingerprint density at radius 1 is 0.939 bits per heavy atom. The van der Waals surface area contributed by atoms with Gasteiger partial charge in [-0.15, -0.1) is 0 Å². The maximum atomic E-state index is 12.6. The summed E-state index contributed by atoms with van der Waals surface area (Å²) in [5.74, 6) is 0.540. The summed E-state index contributed by atoms with van der Waals surface area (Å²) >= 11 is 0. The molecule has 1 saturated heterocycles. The minimum Gasteiger partial charge on any atom is -0.351 e. The first-order chi connectivity index (χ1) is 16.2. The van der Waals surface area contributed by atoms with Crippen molar-refractivity contribution in [1.29, 1.82) is 0 Å². The molecule has 172 valence electrons. The van der Waals surface area contributed by atoms with E-state index in [1.54, 1.807) is 0 Å². The summed E-state index contributed by atoms with van der Waals surface area (Å²) in [5, 5.41) is 7.40. The van der Waals surface area contributed by atoms with Crippen LogP contribution in [0.25, 0.3) is 11.1 Å². The summed E-state index contributed by atoms with van der Waals surface area (Å²) in [6, 6.07) is 21.5. The van der Waals surface area contributed by atoms with E-state index >= 15 is 0 Å². The standard InChI is InChI=1S/C28H33N3O2/c32-28(29-25-11-5-2-6-12-25)27-18-26(30-33-27)24-10-7-17-31(20-24)19-21-13-15-23(16-14-21)22-8-3-1-4-9-22/h1,3-4,8-9,13-16,18,24-25H,2,5-7,10-12,17,19-20H2,(H,29,32). The van der Waals surface area contributed by atoms with Gasteiger partial charge in [-0.05, 0) is 48.9 Å². The zero-order chi connectivity index (χ0) is 22.5. The molecule has 1 atom stereocenters. The fourth-order valence-electron chi connectivity index (χ4n) is 5.22. The zero-order valence-electron chi connectivity index (χ0n) is 19.2. The van der Waals surface area contributed by atoms with E-state index in [4.69, 9.17) is 4.52 Å². The van der Waals surface area contributed by atoms with E-state index in [1.165, 1.54) is 36.0 Å². The smallest absolute Gasteiger partial charge is 0.290 e. The lowest BCUT2D eigenvalue weighted by molar-refractivity contribution is 0.0890. The third kappa shape index (κ3) is 5.53. The topological polar surface area (TPSA) is 58.4 Å². The summed E-state index contributed by atoms with van der Waals surface area (Å²) in [4.78, 5) is 15.1. The highest BCUT2D eigenvalue weighted by Gasteiger charge is 2.26. The molecule has 0 radical (unpaired) electrons. The maximum Gasteiger partial charge on any atom is 0.290 e. The SMILES string of the molecule is O=C(NC1CCCCC1)c1cc(C2CCCN(Cc3ccc(-c4ccccc4)cc3)C2)no1. The molecule has 2 aromatic carbocycles. The summed E-state index contributed by atoms with van der Waals surface area (Å²) in [6.07, 6.45) is 8.00. The number of hydrogen-bond acceptors (Lipinski definition) is 4. The number of carbonyl (C=O) groups excluding carboxylic acids is 1. The van der Waals surface area contributed by atoms with Gasteiger partial charge in [0.15, 0.2) is 0 Å². The molecule has 1 aliphatic heterocycles. The average Bonchev–Trinajstić information content (AvgIpc) is 3.37. The van der Waals surface area contributed by atoms with E-state index in [-0.39, 0.29) is 11.9 Å². The molecule has 1 saturated carbocycles. The lowest BCUT2D eigenvalue weighted by Crippen LogP contribution is -2.36. The molecule has 1 amide bonds. The number of likely N-dealkylation sites (tertiary alicyclic amines) is 1. The predicted octanol–water partition coefficient (Wildman–Crippen LogP) is 5.78. The molecule has 2 heterocycles. The summed E-state index contributed by atoms with van der Waals surface area (Å²) in [6.45, 7) is 2.96. The fourth-order valence-corrected chi connectivity index (χ4v) is 5.22. The van der Waals surface area contributed by atoms with Crippen LogP contribution in [0.5, 0.6) is 0 Å². The first-order valence-electron chi connectivity index (χ1n) is 12.4. The van der Waals surface area contributed by atoms with Crippen LogP contribution in [0, 0.1) is 0 Å². The lowest BCUT2D eigenvalue weighted by Gasteiger charge is -2.31. The number of amides is 1. The normalized spacial score (nSPS) is 19.9. The number of nitrogens with one attached hydrogen (secondary N) is 1. The van der Waals surface area contributed by atoms with Crippen molar-refractivity contribution in [3.63, 3.8) is 0 Å². The van der Waals surface area contributed by atoms with Crippen molar-refractivity contribution in [1.82, 2.24) is 15.4 Å².